The number of hydrogen-bond acceptors (Lipinski definition) is 8. The number of thioether (sulfide) groups is 1. The van der Waals surface area contributed by atoms with Gasteiger partial charge in [-0.3, -0.25) is 9.78 Å². The van der Waals surface area contributed by atoms with Crippen LogP contribution in [0.3, 0.4) is 0 Å². The van der Waals surface area contributed by atoms with E-state index in [1.54, 1.807) is 38.4 Å². The van der Waals surface area contributed by atoms with Crippen molar-refractivity contribution in [3.63, 3.8) is 0 Å². The summed E-state index contributed by atoms with van der Waals surface area (Å²) in [6.45, 7) is 5.45. The van der Waals surface area contributed by atoms with Gasteiger partial charge < -0.3 is 29.9 Å². The molecule has 180 valence electrons. The van der Waals surface area contributed by atoms with Gasteiger partial charge in [-0.15, -0.1) is 0 Å². The molecule has 0 bridgehead atoms. The Kier molecular flexibility index (Phi) is 6.82. The molecule has 0 spiro atoms. The first-order chi connectivity index (χ1) is 16.7. The highest BCUT2D eigenvalue weighted by Crippen LogP contribution is 2.40. The van der Waals surface area contributed by atoms with Crippen molar-refractivity contribution in [1.82, 2.24) is 15.2 Å². The van der Waals surface area contributed by atoms with E-state index in [0.29, 0.717) is 0 Å². The van der Waals surface area contributed by atoms with Crippen molar-refractivity contribution in [3.8, 4) is 11.5 Å². The zero-order chi connectivity index (χ0) is 23.5. The number of aromatic nitrogens is 1. The summed E-state index contributed by atoms with van der Waals surface area (Å²) in [6, 6.07) is 6.15. The molecule has 3 aliphatic heterocycles. The molecule has 0 aliphatic carbocycles. The molecule has 8 nitrogen and oxygen atoms in total. The summed E-state index contributed by atoms with van der Waals surface area (Å²) in [7, 11) is 3.34. The molecule has 1 aromatic carbocycles. The van der Waals surface area contributed by atoms with Crippen LogP contribution in [0.1, 0.15) is 17.5 Å². The highest BCUT2D eigenvalue weighted by atomic mass is 32.2. The average Bonchev–Trinajstić information content (AvgIpc) is 3.39. The minimum Gasteiger partial charge on any atom is -0.493 e. The molecule has 1 unspecified atom stereocenters. The van der Waals surface area contributed by atoms with Gasteiger partial charge in [0.2, 0.25) is 5.91 Å². The van der Waals surface area contributed by atoms with Crippen molar-refractivity contribution in [2.75, 3.05) is 57.2 Å². The topological polar surface area (TPSA) is 79.0 Å². The first kappa shape index (κ1) is 22.9. The lowest BCUT2D eigenvalue weighted by Crippen LogP contribution is -2.44. The quantitative estimate of drug-likeness (QED) is 0.652. The number of piperazine rings is 1. The van der Waals surface area contributed by atoms with Crippen LogP contribution in [0.5, 0.6) is 11.5 Å². The van der Waals surface area contributed by atoms with E-state index < -0.39 is 0 Å². The molecular formula is C25H31N5O3S. The van der Waals surface area contributed by atoms with E-state index in [1.807, 2.05) is 6.07 Å². The zero-order valence-corrected chi connectivity index (χ0v) is 20.5. The predicted octanol–water partition coefficient (Wildman–Crippen LogP) is 2.85. The Morgan fingerprint density at radius 2 is 1.88 bits per heavy atom. The molecule has 1 saturated heterocycles. The molecule has 1 atom stereocenters. The number of nitrogens with one attached hydrogen (secondary N) is 2. The van der Waals surface area contributed by atoms with Gasteiger partial charge in [-0.05, 0) is 42.2 Å². The van der Waals surface area contributed by atoms with E-state index in [1.165, 1.54) is 16.2 Å². The Bertz CT molecular complexity index is 1090. The van der Waals surface area contributed by atoms with Crippen molar-refractivity contribution in [1.29, 1.82) is 0 Å². The Morgan fingerprint density at radius 1 is 1.12 bits per heavy atom. The summed E-state index contributed by atoms with van der Waals surface area (Å²) in [4.78, 5) is 22.1. The summed E-state index contributed by atoms with van der Waals surface area (Å²) in [6.07, 6.45) is 7.40. The standard InChI is InChI=1S/C25H31N5O3S/c1-32-21-13-17-6-10-30(16-18(17)14-22(21)33-2)24-4-3-23(34-24)25(31)28-19-15-27-7-5-20(19)29-11-8-26-9-12-29/h4-5,7,13-15,23,26H,3,6,8-12,16H2,1-2H3,(H,28,31). The lowest BCUT2D eigenvalue weighted by atomic mass is 9.99. The summed E-state index contributed by atoms with van der Waals surface area (Å²) in [5.41, 5.74) is 4.37. The highest BCUT2D eigenvalue weighted by molar-refractivity contribution is 8.04. The Balaban J connectivity index is 1.22. The molecule has 1 fully saturated rings. The largest absolute Gasteiger partial charge is 0.493 e. The summed E-state index contributed by atoms with van der Waals surface area (Å²) in [5.74, 6) is 1.56. The number of hydrogen-bond donors (Lipinski definition) is 2. The molecule has 0 radical (unpaired) electrons. The maximum absolute atomic E-state index is 13.2. The van der Waals surface area contributed by atoms with Crippen LogP contribution in [0.15, 0.2) is 41.7 Å². The molecule has 0 saturated carbocycles. The van der Waals surface area contributed by atoms with Crippen LogP contribution in [0, 0.1) is 0 Å². The summed E-state index contributed by atoms with van der Waals surface area (Å²) < 4.78 is 10.9. The van der Waals surface area contributed by atoms with Crippen LogP contribution in [0.25, 0.3) is 0 Å². The van der Waals surface area contributed by atoms with Gasteiger partial charge in [-0.2, -0.15) is 0 Å². The summed E-state index contributed by atoms with van der Waals surface area (Å²) in [5, 5.41) is 7.56. The van der Waals surface area contributed by atoms with Crippen molar-refractivity contribution in [2.24, 2.45) is 0 Å². The molecule has 1 amide bonds. The van der Waals surface area contributed by atoms with Crippen molar-refractivity contribution < 1.29 is 14.3 Å². The third kappa shape index (κ3) is 4.67. The highest BCUT2D eigenvalue weighted by Gasteiger charge is 2.30. The molecule has 34 heavy (non-hydrogen) atoms. The summed E-state index contributed by atoms with van der Waals surface area (Å²) >= 11 is 1.65. The van der Waals surface area contributed by atoms with E-state index in [4.69, 9.17) is 9.47 Å². The molecular weight excluding hydrogens is 450 g/mol. The minimum absolute atomic E-state index is 0.0319. The Hall–Kier alpha value is -2.91. The van der Waals surface area contributed by atoms with Crippen LogP contribution in [0.2, 0.25) is 0 Å². The molecule has 1 aromatic heterocycles. The van der Waals surface area contributed by atoms with Crippen molar-refractivity contribution in [3.05, 3.63) is 52.8 Å². The average molecular weight is 482 g/mol. The van der Waals surface area contributed by atoms with Crippen molar-refractivity contribution >= 4 is 29.0 Å². The number of anilines is 2. The third-order valence-electron chi connectivity index (χ3n) is 6.61. The molecule has 2 aromatic rings. The monoisotopic (exact) mass is 481 g/mol. The maximum Gasteiger partial charge on any atom is 0.238 e. The van der Waals surface area contributed by atoms with E-state index in [2.05, 4.69) is 43.6 Å². The second kappa shape index (κ2) is 10.1. The number of allylic oxidation sites excluding steroid dienone is 1. The maximum atomic E-state index is 13.2. The molecule has 9 heteroatoms. The number of rotatable bonds is 6. The van der Waals surface area contributed by atoms with Crippen LogP contribution < -0.4 is 25.0 Å². The lowest BCUT2D eigenvalue weighted by molar-refractivity contribution is -0.115. The number of fused-ring (bicyclic) bond motifs is 1. The lowest BCUT2D eigenvalue weighted by Gasteiger charge is -2.32. The number of ether oxygens (including phenoxy) is 2. The minimum atomic E-state index is -0.141. The van der Waals surface area contributed by atoms with E-state index in [-0.39, 0.29) is 11.2 Å². The van der Waals surface area contributed by atoms with Gasteiger partial charge in [0.25, 0.3) is 0 Å². The van der Waals surface area contributed by atoms with Gasteiger partial charge in [0.15, 0.2) is 11.5 Å². The molecule has 4 heterocycles. The number of nitrogens with zero attached hydrogens (tertiary/aromatic N) is 3. The first-order valence-corrected chi connectivity index (χ1v) is 12.6. The second-order valence-corrected chi connectivity index (χ2v) is 9.87. The second-order valence-electron chi connectivity index (χ2n) is 8.65. The fraction of sp³-hybridized carbons (Fsp3) is 0.440. The number of carbonyl (C=O) groups excluding carboxylic acids is 1. The van der Waals surface area contributed by atoms with Gasteiger partial charge in [0, 0.05) is 45.5 Å². The number of carbonyl (C=O) groups is 1. The SMILES string of the molecule is COc1cc2c(cc1OC)CN(C1=CCC(C(=O)Nc3cnccc3N3CCNCC3)S1)CC2. The number of pyridine rings is 1. The molecule has 5 rings (SSSR count). The van der Waals surface area contributed by atoms with Gasteiger partial charge >= 0.3 is 0 Å². The van der Waals surface area contributed by atoms with E-state index in [9.17, 15) is 4.79 Å². The number of benzene rings is 1. The fourth-order valence-electron chi connectivity index (χ4n) is 4.76. The fourth-order valence-corrected chi connectivity index (χ4v) is 5.91. The predicted molar refractivity (Wildman–Crippen MR) is 136 cm³/mol. The van der Waals surface area contributed by atoms with Gasteiger partial charge in [-0.25, -0.2) is 0 Å². The van der Waals surface area contributed by atoms with Gasteiger partial charge in [0.05, 0.1) is 42.1 Å². The zero-order valence-electron chi connectivity index (χ0n) is 19.7. The third-order valence-corrected chi connectivity index (χ3v) is 7.96. The Morgan fingerprint density at radius 3 is 2.65 bits per heavy atom. The van der Waals surface area contributed by atoms with Crippen LogP contribution >= 0.6 is 11.8 Å². The molecule has 2 N–H and O–H groups in total. The normalized spacial score (nSPS) is 19.9. The van der Waals surface area contributed by atoms with Crippen LogP contribution in [0.4, 0.5) is 11.4 Å². The number of amides is 1. The van der Waals surface area contributed by atoms with E-state index in [0.717, 1.165) is 75.0 Å². The van der Waals surface area contributed by atoms with Crippen molar-refractivity contribution in [2.45, 2.75) is 24.6 Å². The van der Waals surface area contributed by atoms with Gasteiger partial charge in [-0.1, -0.05) is 17.8 Å². The van der Waals surface area contributed by atoms with Crippen LogP contribution in [-0.4, -0.2) is 68.0 Å². The van der Waals surface area contributed by atoms with E-state index >= 15 is 0 Å². The molecule has 3 aliphatic rings. The smallest absolute Gasteiger partial charge is 0.238 e. The first-order valence-electron chi connectivity index (χ1n) is 11.7. The van der Waals surface area contributed by atoms with Gasteiger partial charge in [0.1, 0.15) is 0 Å². The van der Waals surface area contributed by atoms with Crippen LogP contribution in [-0.2, 0) is 17.8 Å². The number of methoxy groups -OCH3 is 2. The Labute approximate surface area is 204 Å².